The normalized spacial score (nSPS) is 12.8. The van der Waals surface area contributed by atoms with Crippen LogP contribution in [0.2, 0.25) is 0 Å². The number of benzene rings is 2. The lowest BCUT2D eigenvalue weighted by molar-refractivity contribution is 0.0289. The van der Waals surface area contributed by atoms with Crippen LogP contribution < -0.4 is 20.3 Å². The summed E-state index contributed by atoms with van der Waals surface area (Å²) in [4.78, 5) is 46.9. The molecule has 0 saturated carbocycles. The molecule has 4 N–H and O–H groups in total. The second-order valence-corrected chi connectivity index (χ2v) is 7.98. The summed E-state index contributed by atoms with van der Waals surface area (Å²) in [6, 6.07) is 10.3. The molecule has 2 heterocycles. The molecular formula is C25H20O12. The number of hydrogen-bond donors (Lipinski definition) is 4. The minimum absolute atomic E-state index is 0.000338. The SMILES string of the molecule is O=C(O)c1cc(=O)c2c(OC[C@H](O)C[C@@H](O)COc3cccc4oc(C(=O)O)cc(=O)c34)cccc2o1. The molecule has 0 spiro atoms. The average Bonchev–Trinajstić information content (AvgIpc) is 2.85. The van der Waals surface area contributed by atoms with Crippen LogP contribution in [0, 0.1) is 0 Å². The largest absolute Gasteiger partial charge is 0.490 e. The first-order chi connectivity index (χ1) is 17.6. The lowest BCUT2D eigenvalue weighted by Gasteiger charge is -2.18. The summed E-state index contributed by atoms with van der Waals surface area (Å²) >= 11 is 0. The second kappa shape index (κ2) is 10.5. The Balaban J connectivity index is 1.39. The van der Waals surface area contributed by atoms with E-state index in [-0.39, 0.29) is 53.1 Å². The summed E-state index contributed by atoms with van der Waals surface area (Å²) in [6.45, 7) is -0.627. The van der Waals surface area contributed by atoms with E-state index >= 15 is 0 Å². The minimum Gasteiger partial charge on any atom is -0.490 e. The third-order valence-electron chi connectivity index (χ3n) is 5.26. The Morgan fingerprint density at radius 1 is 0.730 bits per heavy atom. The number of aliphatic hydroxyl groups excluding tert-OH is 2. The highest BCUT2D eigenvalue weighted by atomic mass is 16.5. The number of ether oxygens (including phenoxy) is 2. The molecule has 2 aromatic heterocycles. The van der Waals surface area contributed by atoms with Gasteiger partial charge in [0.05, 0.1) is 12.2 Å². The molecule has 0 bridgehead atoms. The Morgan fingerprint density at radius 3 is 1.51 bits per heavy atom. The molecule has 0 fully saturated rings. The molecule has 192 valence electrons. The predicted octanol–water partition coefficient (Wildman–Crippen LogP) is 1.87. The Morgan fingerprint density at radius 2 is 1.14 bits per heavy atom. The summed E-state index contributed by atoms with van der Waals surface area (Å²) in [7, 11) is 0. The van der Waals surface area contributed by atoms with Crippen molar-refractivity contribution in [3.05, 3.63) is 80.5 Å². The van der Waals surface area contributed by atoms with Gasteiger partial charge in [-0.3, -0.25) is 9.59 Å². The fraction of sp³-hybridized carbons (Fsp3) is 0.200. The molecular weight excluding hydrogens is 492 g/mol. The van der Waals surface area contributed by atoms with E-state index in [1.807, 2.05) is 0 Å². The van der Waals surface area contributed by atoms with Crippen LogP contribution in [0.25, 0.3) is 21.9 Å². The lowest BCUT2D eigenvalue weighted by Crippen LogP contribution is -2.28. The van der Waals surface area contributed by atoms with Crippen LogP contribution in [0.5, 0.6) is 11.5 Å². The lowest BCUT2D eigenvalue weighted by atomic mass is 10.1. The number of fused-ring (bicyclic) bond motifs is 2. The molecule has 0 radical (unpaired) electrons. The monoisotopic (exact) mass is 512 g/mol. The number of rotatable bonds is 10. The standard InChI is InChI=1S/C25H20O12/c26-12(10-34-16-3-1-5-18-22(16)14(28)8-20(36-18)24(30)31)7-13(27)11-35-17-4-2-6-19-23(17)15(29)9-21(37-19)25(32)33/h1-6,8-9,12-13,26-27H,7,10-11H2,(H,30,31)(H,32,33)/t12-,13-/m1/s1. The summed E-state index contributed by atoms with van der Waals surface area (Å²) < 4.78 is 21.4. The van der Waals surface area contributed by atoms with Gasteiger partial charge in [-0.25, -0.2) is 9.59 Å². The van der Waals surface area contributed by atoms with Gasteiger partial charge in [0.1, 0.15) is 46.7 Å². The Bertz CT molecular complexity index is 1480. The first-order valence-corrected chi connectivity index (χ1v) is 10.9. The molecule has 0 amide bonds. The van der Waals surface area contributed by atoms with Crippen molar-refractivity contribution in [2.75, 3.05) is 13.2 Å². The highest BCUT2D eigenvalue weighted by Gasteiger charge is 2.19. The number of hydrogen-bond acceptors (Lipinski definition) is 10. The fourth-order valence-electron chi connectivity index (χ4n) is 3.63. The third kappa shape index (κ3) is 5.60. The van der Waals surface area contributed by atoms with Crippen LogP contribution in [0.3, 0.4) is 0 Å². The molecule has 12 heteroatoms. The Hall–Kier alpha value is -4.68. The van der Waals surface area contributed by atoms with Crippen LogP contribution in [0.15, 0.2) is 67.0 Å². The summed E-state index contributed by atoms with van der Waals surface area (Å²) in [6.07, 6.45) is -2.56. The van der Waals surface area contributed by atoms with Gasteiger partial charge in [0.25, 0.3) is 0 Å². The van der Waals surface area contributed by atoms with Crippen LogP contribution in [-0.2, 0) is 0 Å². The highest BCUT2D eigenvalue weighted by molar-refractivity contribution is 5.90. The van der Waals surface area contributed by atoms with E-state index in [9.17, 15) is 29.4 Å². The van der Waals surface area contributed by atoms with Crippen molar-refractivity contribution in [1.29, 1.82) is 0 Å². The summed E-state index contributed by atoms with van der Waals surface area (Å²) in [5, 5.41) is 38.7. The highest BCUT2D eigenvalue weighted by Crippen LogP contribution is 2.25. The number of aromatic carboxylic acids is 2. The van der Waals surface area contributed by atoms with E-state index in [0.717, 1.165) is 12.1 Å². The van der Waals surface area contributed by atoms with Crippen LogP contribution in [0.4, 0.5) is 0 Å². The van der Waals surface area contributed by atoms with Crippen LogP contribution in [0.1, 0.15) is 27.5 Å². The molecule has 4 aromatic rings. The van der Waals surface area contributed by atoms with E-state index in [0.29, 0.717) is 0 Å². The van der Waals surface area contributed by atoms with Gasteiger partial charge in [0.2, 0.25) is 11.5 Å². The summed E-state index contributed by atoms with van der Waals surface area (Å²) in [5.74, 6) is -3.71. The smallest absolute Gasteiger partial charge is 0.371 e. The minimum atomic E-state index is -1.40. The zero-order valence-electron chi connectivity index (χ0n) is 18.9. The zero-order valence-corrected chi connectivity index (χ0v) is 18.9. The van der Waals surface area contributed by atoms with Gasteiger partial charge < -0.3 is 38.7 Å². The van der Waals surface area contributed by atoms with Gasteiger partial charge in [0.15, 0.2) is 10.9 Å². The molecule has 2 atom stereocenters. The number of aliphatic hydroxyl groups is 2. The number of carboxylic acids is 2. The average molecular weight is 512 g/mol. The van der Waals surface area contributed by atoms with Crippen molar-refractivity contribution in [2.24, 2.45) is 0 Å². The second-order valence-electron chi connectivity index (χ2n) is 7.98. The molecule has 0 aliphatic heterocycles. The van der Waals surface area contributed by atoms with Crippen molar-refractivity contribution in [2.45, 2.75) is 18.6 Å². The molecule has 0 aliphatic carbocycles. The van der Waals surface area contributed by atoms with Gasteiger partial charge in [-0.15, -0.1) is 0 Å². The molecule has 12 nitrogen and oxygen atoms in total. The Labute approximate surface area is 206 Å². The van der Waals surface area contributed by atoms with Gasteiger partial charge in [-0.1, -0.05) is 12.1 Å². The Kier molecular flexibility index (Phi) is 7.22. The van der Waals surface area contributed by atoms with Crippen molar-refractivity contribution in [3.63, 3.8) is 0 Å². The quantitative estimate of drug-likeness (QED) is 0.241. The van der Waals surface area contributed by atoms with Crippen molar-refractivity contribution < 1.29 is 48.3 Å². The van der Waals surface area contributed by atoms with E-state index in [4.69, 9.17) is 28.5 Å². The van der Waals surface area contributed by atoms with E-state index in [1.165, 1.54) is 36.4 Å². The van der Waals surface area contributed by atoms with Gasteiger partial charge >= 0.3 is 11.9 Å². The maximum Gasteiger partial charge on any atom is 0.371 e. The summed E-state index contributed by atoms with van der Waals surface area (Å²) in [5.41, 5.74) is -1.26. The molecule has 0 aliphatic rings. The van der Waals surface area contributed by atoms with Gasteiger partial charge in [0, 0.05) is 18.6 Å². The molecule has 0 unspecified atom stereocenters. The fourth-order valence-corrected chi connectivity index (χ4v) is 3.63. The van der Waals surface area contributed by atoms with Gasteiger partial charge in [-0.2, -0.15) is 0 Å². The van der Waals surface area contributed by atoms with Crippen molar-refractivity contribution in [3.8, 4) is 11.5 Å². The van der Waals surface area contributed by atoms with Crippen molar-refractivity contribution in [1.82, 2.24) is 0 Å². The first-order valence-electron chi connectivity index (χ1n) is 10.9. The van der Waals surface area contributed by atoms with E-state index < -0.39 is 46.5 Å². The maximum atomic E-state index is 12.4. The molecule has 0 saturated heterocycles. The number of carbonyl (C=O) groups is 2. The number of carboxylic acid groups (broad SMARTS) is 2. The van der Waals surface area contributed by atoms with Crippen LogP contribution >= 0.6 is 0 Å². The van der Waals surface area contributed by atoms with E-state index in [2.05, 4.69) is 0 Å². The van der Waals surface area contributed by atoms with Gasteiger partial charge in [-0.05, 0) is 24.3 Å². The topological polar surface area (TPSA) is 194 Å². The maximum absolute atomic E-state index is 12.4. The zero-order chi connectivity index (χ0) is 26.7. The first kappa shape index (κ1) is 25.4. The van der Waals surface area contributed by atoms with E-state index in [1.54, 1.807) is 0 Å². The molecule has 4 rings (SSSR count). The van der Waals surface area contributed by atoms with Crippen LogP contribution in [-0.4, -0.2) is 57.8 Å². The predicted molar refractivity (Wildman–Crippen MR) is 127 cm³/mol. The van der Waals surface area contributed by atoms with Crippen molar-refractivity contribution >= 4 is 33.9 Å². The third-order valence-corrected chi connectivity index (χ3v) is 5.26. The molecule has 37 heavy (non-hydrogen) atoms. The molecule has 2 aromatic carbocycles.